The molecule has 2 N–H and O–H groups in total. The number of benzene rings is 1. The highest BCUT2D eigenvalue weighted by molar-refractivity contribution is 5.30. The summed E-state index contributed by atoms with van der Waals surface area (Å²) in [7, 11) is 0. The molecule has 0 saturated carbocycles. The van der Waals surface area contributed by atoms with Crippen LogP contribution in [0.3, 0.4) is 0 Å². The molecule has 90 valence electrons. The smallest absolute Gasteiger partial charge is 0.367 e. The summed E-state index contributed by atoms with van der Waals surface area (Å²) in [5.41, 5.74) is 4.75. The van der Waals surface area contributed by atoms with Crippen molar-refractivity contribution in [2.75, 3.05) is 5.73 Å². The van der Waals surface area contributed by atoms with Crippen molar-refractivity contribution in [1.29, 1.82) is 0 Å². The number of hydrogen-bond donors (Lipinski definition) is 1. The second-order valence-electron chi connectivity index (χ2n) is 3.35. The molecule has 1 heterocycles. The zero-order chi connectivity index (χ0) is 12.5. The van der Waals surface area contributed by atoms with Crippen molar-refractivity contribution in [2.45, 2.75) is 12.7 Å². The van der Waals surface area contributed by atoms with Crippen LogP contribution in [0.2, 0.25) is 0 Å². The second kappa shape index (κ2) is 4.04. The highest BCUT2D eigenvalue weighted by Crippen LogP contribution is 2.32. The summed E-state index contributed by atoms with van der Waals surface area (Å²) in [6.45, 7) is -0.117. The van der Waals surface area contributed by atoms with E-state index >= 15 is 0 Å². The fourth-order valence-corrected chi connectivity index (χ4v) is 1.42. The number of tetrazole rings is 1. The van der Waals surface area contributed by atoms with Crippen molar-refractivity contribution in [1.82, 2.24) is 20.2 Å². The molecule has 2 aromatic rings. The van der Waals surface area contributed by atoms with Crippen molar-refractivity contribution < 1.29 is 13.2 Å². The van der Waals surface area contributed by atoms with Crippen molar-refractivity contribution >= 4 is 5.95 Å². The third-order valence-corrected chi connectivity index (χ3v) is 2.20. The van der Waals surface area contributed by atoms with Crippen LogP contribution in [0.4, 0.5) is 19.1 Å². The average Bonchev–Trinajstić information content (AvgIpc) is 2.64. The van der Waals surface area contributed by atoms with Gasteiger partial charge in [-0.3, -0.25) is 0 Å². The van der Waals surface area contributed by atoms with Gasteiger partial charge in [0.2, 0.25) is 5.95 Å². The maximum atomic E-state index is 12.7. The lowest BCUT2D eigenvalue weighted by atomic mass is 10.1. The fourth-order valence-electron chi connectivity index (χ4n) is 1.42. The van der Waals surface area contributed by atoms with E-state index in [0.29, 0.717) is 0 Å². The lowest BCUT2D eigenvalue weighted by Gasteiger charge is -2.12. The quantitative estimate of drug-likeness (QED) is 0.863. The fraction of sp³-hybridized carbons (Fsp3) is 0.222. The van der Waals surface area contributed by atoms with Crippen LogP contribution in [0.25, 0.3) is 0 Å². The molecule has 0 aliphatic heterocycles. The molecule has 0 radical (unpaired) electrons. The minimum Gasteiger partial charge on any atom is -0.367 e. The van der Waals surface area contributed by atoms with Gasteiger partial charge in [0.15, 0.2) is 0 Å². The lowest BCUT2D eigenvalue weighted by Crippen LogP contribution is -2.13. The molecule has 0 fully saturated rings. The molecule has 0 spiro atoms. The van der Waals surface area contributed by atoms with Crippen molar-refractivity contribution in [3.8, 4) is 0 Å². The second-order valence-corrected chi connectivity index (χ2v) is 3.35. The number of anilines is 1. The Morgan fingerprint density at radius 2 is 1.94 bits per heavy atom. The molecule has 0 aliphatic carbocycles. The normalized spacial score (nSPS) is 11.7. The summed E-state index contributed by atoms with van der Waals surface area (Å²) in [4.78, 5) is 0. The molecule has 0 atom stereocenters. The molecule has 0 aliphatic rings. The first kappa shape index (κ1) is 11.4. The van der Waals surface area contributed by atoms with Crippen LogP contribution in [-0.2, 0) is 12.7 Å². The number of nitrogens with two attached hydrogens (primary N) is 1. The maximum Gasteiger partial charge on any atom is 0.416 e. The highest BCUT2D eigenvalue weighted by Gasteiger charge is 2.33. The Kier molecular flexibility index (Phi) is 2.70. The van der Waals surface area contributed by atoms with E-state index in [0.717, 1.165) is 10.7 Å². The number of nitrogens with zero attached hydrogens (tertiary/aromatic N) is 4. The Balaban J connectivity index is 2.37. The van der Waals surface area contributed by atoms with Gasteiger partial charge in [-0.25, -0.2) is 4.68 Å². The molecule has 1 aromatic heterocycles. The molecular weight excluding hydrogens is 235 g/mol. The first-order chi connectivity index (χ1) is 7.98. The van der Waals surface area contributed by atoms with Gasteiger partial charge in [0.05, 0.1) is 12.1 Å². The third-order valence-electron chi connectivity index (χ3n) is 2.20. The Morgan fingerprint density at radius 3 is 2.53 bits per heavy atom. The van der Waals surface area contributed by atoms with Crippen molar-refractivity contribution in [3.05, 3.63) is 35.4 Å². The molecule has 0 unspecified atom stereocenters. The zero-order valence-electron chi connectivity index (χ0n) is 8.52. The Morgan fingerprint density at radius 1 is 1.24 bits per heavy atom. The number of alkyl halides is 3. The summed E-state index contributed by atoms with van der Waals surface area (Å²) in [5, 5.41) is 10.2. The predicted molar refractivity (Wildman–Crippen MR) is 52.8 cm³/mol. The first-order valence-corrected chi connectivity index (χ1v) is 4.65. The van der Waals surface area contributed by atoms with Gasteiger partial charge in [0.25, 0.3) is 0 Å². The van der Waals surface area contributed by atoms with Gasteiger partial charge in [-0.15, -0.1) is 0 Å². The average molecular weight is 243 g/mol. The zero-order valence-corrected chi connectivity index (χ0v) is 8.52. The van der Waals surface area contributed by atoms with E-state index in [1.165, 1.54) is 18.2 Å². The van der Waals surface area contributed by atoms with Crippen LogP contribution in [0.5, 0.6) is 0 Å². The van der Waals surface area contributed by atoms with Crippen LogP contribution < -0.4 is 5.73 Å². The number of hydrogen-bond acceptors (Lipinski definition) is 4. The monoisotopic (exact) mass is 243 g/mol. The van der Waals surface area contributed by atoms with E-state index in [2.05, 4.69) is 15.5 Å². The molecule has 1 aromatic carbocycles. The summed E-state index contributed by atoms with van der Waals surface area (Å²) in [6, 6.07) is 5.22. The van der Waals surface area contributed by atoms with Crippen LogP contribution in [-0.4, -0.2) is 20.2 Å². The first-order valence-electron chi connectivity index (χ1n) is 4.65. The molecule has 0 saturated heterocycles. The van der Waals surface area contributed by atoms with Crippen LogP contribution in [0.1, 0.15) is 11.1 Å². The summed E-state index contributed by atoms with van der Waals surface area (Å²) >= 11 is 0. The van der Waals surface area contributed by atoms with E-state index in [9.17, 15) is 13.2 Å². The van der Waals surface area contributed by atoms with Gasteiger partial charge in [-0.05, 0) is 22.1 Å². The standard InChI is InChI=1S/C9H8F3N5/c10-9(11,12)7-4-2-1-3-6(7)5-17-8(13)14-15-16-17/h1-4H,5H2,(H2,13,14,16). The van der Waals surface area contributed by atoms with Gasteiger partial charge in [0, 0.05) is 0 Å². The Hall–Kier alpha value is -2.12. The number of halogens is 3. The predicted octanol–water partition coefficient (Wildman–Crippen LogP) is 1.32. The van der Waals surface area contributed by atoms with Gasteiger partial charge in [-0.2, -0.15) is 13.2 Å². The largest absolute Gasteiger partial charge is 0.416 e. The summed E-state index contributed by atoms with van der Waals surface area (Å²) < 4.78 is 39.2. The van der Waals surface area contributed by atoms with E-state index in [-0.39, 0.29) is 18.1 Å². The summed E-state index contributed by atoms with van der Waals surface area (Å²) in [6.07, 6.45) is -4.40. The molecule has 17 heavy (non-hydrogen) atoms. The van der Waals surface area contributed by atoms with Crippen LogP contribution >= 0.6 is 0 Å². The Bertz CT molecular complexity index is 519. The van der Waals surface area contributed by atoms with E-state index in [1.54, 1.807) is 0 Å². The number of aromatic nitrogens is 4. The lowest BCUT2D eigenvalue weighted by molar-refractivity contribution is -0.138. The Labute approximate surface area is 94.0 Å². The third kappa shape index (κ3) is 2.35. The molecule has 0 bridgehead atoms. The van der Waals surface area contributed by atoms with Gasteiger partial charge >= 0.3 is 6.18 Å². The summed E-state index contributed by atoms with van der Waals surface area (Å²) in [5.74, 6) is -0.0259. The highest BCUT2D eigenvalue weighted by atomic mass is 19.4. The minimum absolute atomic E-state index is 0.0259. The van der Waals surface area contributed by atoms with E-state index < -0.39 is 11.7 Å². The van der Waals surface area contributed by atoms with E-state index in [4.69, 9.17) is 5.73 Å². The maximum absolute atomic E-state index is 12.7. The molecule has 5 nitrogen and oxygen atoms in total. The van der Waals surface area contributed by atoms with Gasteiger partial charge in [-0.1, -0.05) is 23.3 Å². The molecular formula is C9H8F3N5. The molecule has 0 amide bonds. The number of nitrogen functional groups attached to an aromatic ring is 1. The van der Waals surface area contributed by atoms with E-state index in [1.807, 2.05) is 0 Å². The van der Waals surface area contributed by atoms with Crippen LogP contribution in [0, 0.1) is 0 Å². The van der Waals surface area contributed by atoms with Crippen LogP contribution in [0.15, 0.2) is 24.3 Å². The van der Waals surface area contributed by atoms with Gasteiger partial charge in [0.1, 0.15) is 0 Å². The molecule has 2 rings (SSSR count). The van der Waals surface area contributed by atoms with Crippen molar-refractivity contribution in [3.63, 3.8) is 0 Å². The van der Waals surface area contributed by atoms with Gasteiger partial charge < -0.3 is 5.73 Å². The van der Waals surface area contributed by atoms with Crippen molar-refractivity contribution in [2.24, 2.45) is 0 Å². The molecule has 8 heteroatoms. The SMILES string of the molecule is Nc1nnnn1Cc1ccccc1C(F)(F)F. The topological polar surface area (TPSA) is 69.6 Å². The number of rotatable bonds is 2. The minimum atomic E-state index is -4.40.